The minimum absolute atomic E-state index is 0.0696. The molecule has 3 rings (SSSR count). The summed E-state index contributed by atoms with van der Waals surface area (Å²) in [6, 6.07) is 5.00. The van der Waals surface area contributed by atoms with E-state index in [2.05, 4.69) is 4.98 Å². The van der Waals surface area contributed by atoms with Crippen molar-refractivity contribution in [3.8, 4) is 0 Å². The second-order valence-electron chi connectivity index (χ2n) is 4.89. The fourth-order valence-corrected chi connectivity index (χ4v) is 2.53. The van der Waals surface area contributed by atoms with Gasteiger partial charge in [-0.15, -0.1) is 0 Å². The number of hydrogen-bond acceptors (Lipinski definition) is 4. The van der Waals surface area contributed by atoms with E-state index in [1.165, 1.54) is 0 Å². The van der Waals surface area contributed by atoms with E-state index >= 15 is 0 Å². The molecule has 0 aliphatic heterocycles. The van der Waals surface area contributed by atoms with Crippen molar-refractivity contribution in [2.24, 2.45) is 11.1 Å². The Hall–Kier alpha value is -1.88. The first-order valence-corrected chi connectivity index (χ1v) is 6.02. The summed E-state index contributed by atoms with van der Waals surface area (Å²) in [6.07, 6.45) is 2.75. The van der Waals surface area contributed by atoms with Gasteiger partial charge in [-0.25, -0.2) is 4.79 Å². The van der Waals surface area contributed by atoms with Gasteiger partial charge in [-0.2, -0.15) is 0 Å². The van der Waals surface area contributed by atoms with Crippen molar-refractivity contribution in [3.05, 3.63) is 34.3 Å². The summed E-state index contributed by atoms with van der Waals surface area (Å²) in [7, 11) is 0. The largest absolute Gasteiger partial charge is 0.417 e. The van der Waals surface area contributed by atoms with E-state index in [4.69, 9.17) is 10.2 Å². The number of fused-ring (bicyclic) bond motifs is 1. The highest BCUT2D eigenvalue weighted by atomic mass is 16.4. The van der Waals surface area contributed by atoms with Crippen molar-refractivity contribution in [2.45, 2.75) is 19.3 Å². The van der Waals surface area contributed by atoms with Gasteiger partial charge in [0.15, 0.2) is 11.4 Å². The molecule has 1 heterocycles. The molecule has 2 aromatic rings. The molecule has 0 spiro atoms. The smallest absolute Gasteiger partial charge is 0.408 e. The molecule has 0 unspecified atom stereocenters. The number of benzene rings is 1. The third-order valence-corrected chi connectivity index (χ3v) is 3.86. The molecule has 1 fully saturated rings. The van der Waals surface area contributed by atoms with Crippen LogP contribution in [-0.2, 0) is 0 Å². The summed E-state index contributed by atoms with van der Waals surface area (Å²) < 4.78 is 4.91. The average molecular weight is 246 g/mol. The molecule has 5 nitrogen and oxygen atoms in total. The maximum atomic E-state index is 12.4. The Morgan fingerprint density at radius 3 is 2.83 bits per heavy atom. The van der Waals surface area contributed by atoms with Crippen molar-refractivity contribution >= 4 is 16.9 Å². The van der Waals surface area contributed by atoms with Gasteiger partial charge >= 0.3 is 5.76 Å². The molecule has 0 radical (unpaired) electrons. The molecule has 5 heteroatoms. The van der Waals surface area contributed by atoms with Crippen LogP contribution in [0, 0.1) is 5.41 Å². The minimum atomic E-state index is -0.508. The van der Waals surface area contributed by atoms with Crippen LogP contribution in [0.2, 0.25) is 0 Å². The summed E-state index contributed by atoms with van der Waals surface area (Å²) in [5.74, 6) is -0.438. The molecule has 1 aliphatic rings. The monoisotopic (exact) mass is 246 g/mol. The molecule has 0 amide bonds. The summed E-state index contributed by atoms with van der Waals surface area (Å²) >= 11 is 0. The number of H-pyrrole nitrogens is 1. The van der Waals surface area contributed by atoms with Crippen LogP contribution in [-0.4, -0.2) is 17.3 Å². The Morgan fingerprint density at radius 2 is 2.22 bits per heavy atom. The van der Waals surface area contributed by atoms with E-state index < -0.39 is 11.2 Å². The van der Waals surface area contributed by atoms with Crippen LogP contribution in [0.25, 0.3) is 11.1 Å². The SMILES string of the molecule is NCC1(C(=O)c2ccc3oc(=O)[nH]c3c2)CCC1. The van der Waals surface area contributed by atoms with Gasteiger partial charge < -0.3 is 10.2 Å². The summed E-state index contributed by atoms with van der Waals surface area (Å²) in [6.45, 7) is 0.381. The topological polar surface area (TPSA) is 89.1 Å². The van der Waals surface area contributed by atoms with E-state index in [0.717, 1.165) is 19.3 Å². The minimum Gasteiger partial charge on any atom is -0.408 e. The second-order valence-corrected chi connectivity index (χ2v) is 4.89. The zero-order valence-electron chi connectivity index (χ0n) is 9.86. The normalized spacial score (nSPS) is 17.6. The van der Waals surface area contributed by atoms with Crippen molar-refractivity contribution < 1.29 is 9.21 Å². The lowest BCUT2D eigenvalue weighted by atomic mass is 9.64. The maximum Gasteiger partial charge on any atom is 0.417 e. The highest BCUT2D eigenvalue weighted by Gasteiger charge is 2.43. The predicted octanol–water partition coefficient (Wildman–Crippen LogP) is 1.43. The summed E-state index contributed by atoms with van der Waals surface area (Å²) in [5, 5.41) is 0. The Kier molecular flexibility index (Phi) is 2.38. The van der Waals surface area contributed by atoms with Gasteiger partial charge in [0.1, 0.15) is 0 Å². The van der Waals surface area contributed by atoms with E-state index in [0.29, 0.717) is 23.2 Å². The van der Waals surface area contributed by atoms with Gasteiger partial charge in [-0.05, 0) is 31.0 Å². The molecule has 18 heavy (non-hydrogen) atoms. The molecule has 94 valence electrons. The number of oxazole rings is 1. The Labute approximate surface area is 103 Å². The lowest BCUT2D eigenvalue weighted by Crippen LogP contribution is -2.44. The highest BCUT2D eigenvalue weighted by molar-refractivity contribution is 6.03. The third kappa shape index (κ3) is 1.51. The van der Waals surface area contributed by atoms with Crippen LogP contribution in [0.1, 0.15) is 29.6 Å². The molecule has 1 aromatic carbocycles. The number of carbonyl (C=O) groups excluding carboxylic acids is 1. The number of nitrogens with one attached hydrogen (secondary N) is 1. The Balaban J connectivity index is 2.03. The third-order valence-electron chi connectivity index (χ3n) is 3.86. The van der Waals surface area contributed by atoms with Crippen molar-refractivity contribution in [1.82, 2.24) is 4.98 Å². The van der Waals surface area contributed by atoms with Crippen LogP contribution in [0.4, 0.5) is 0 Å². The van der Waals surface area contributed by atoms with Gasteiger partial charge in [0.05, 0.1) is 5.52 Å². The van der Waals surface area contributed by atoms with E-state index in [-0.39, 0.29) is 5.78 Å². The van der Waals surface area contributed by atoms with Crippen LogP contribution in [0.15, 0.2) is 27.4 Å². The van der Waals surface area contributed by atoms with Crippen LogP contribution < -0.4 is 11.5 Å². The molecule has 1 aliphatic carbocycles. The van der Waals surface area contributed by atoms with Crippen LogP contribution in [0.5, 0.6) is 0 Å². The number of ketones is 1. The van der Waals surface area contributed by atoms with Gasteiger partial charge in [-0.3, -0.25) is 9.78 Å². The lowest BCUT2D eigenvalue weighted by Gasteiger charge is -2.39. The fourth-order valence-electron chi connectivity index (χ4n) is 2.53. The number of carbonyl (C=O) groups is 1. The zero-order valence-corrected chi connectivity index (χ0v) is 9.86. The Bertz CT molecular complexity index is 659. The summed E-state index contributed by atoms with van der Waals surface area (Å²) in [5.41, 5.74) is 6.94. The average Bonchev–Trinajstić information content (AvgIpc) is 2.67. The first kappa shape index (κ1) is 11.2. The molecule has 1 aromatic heterocycles. The highest BCUT2D eigenvalue weighted by Crippen LogP contribution is 2.42. The van der Waals surface area contributed by atoms with E-state index in [9.17, 15) is 9.59 Å². The van der Waals surface area contributed by atoms with Gasteiger partial charge in [0.2, 0.25) is 0 Å². The van der Waals surface area contributed by atoms with Crippen molar-refractivity contribution in [3.63, 3.8) is 0 Å². The van der Waals surface area contributed by atoms with Gasteiger partial charge in [-0.1, -0.05) is 6.42 Å². The molecule has 1 saturated carbocycles. The van der Waals surface area contributed by atoms with E-state index in [1.54, 1.807) is 18.2 Å². The number of Topliss-reactive ketones (excluding diaryl/α,β-unsaturated/α-hetero) is 1. The Morgan fingerprint density at radius 1 is 1.44 bits per heavy atom. The van der Waals surface area contributed by atoms with Gasteiger partial charge in [0.25, 0.3) is 0 Å². The standard InChI is InChI=1S/C13H14N2O3/c14-7-13(4-1-5-13)11(16)8-2-3-10-9(6-8)15-12(17)18-10/h2-3,6H,1,4-5,7,14H2,(H,15,17). The number of rotatable bonds is 3. The zero-order chi connectivity index (χ0) is 12.8. The molecule has 3 N–H and O–H groups in total. The predicted molar refractivity (Wildman–Crippen MR) is 66.5 cm³/mol. The number of hydrogen-bond donors (Lipinski definition) is 2. The van der Waals surface area contributed by atoms with Crippen LogP contribution >= 0.6 is 0 Å². The first-order chi connectivity index (χ1) is 8.64. The lowest BCUT2D eigenvalue weighted by molar-refractivity contribution is 0.0636. The second kappa shape index (κ2) is 3.81. The number of aromatic amines is 1. The molecule has 0 atom stereocenters. The molecular formula is C13H14N2O3. The van der Waals surface area contributed by atoms with E-state index in [1.807, 2.05) is 0 Å². The molecule has 0 saturated heterocycles. The van der Waals surface area contributed by atoms with Gasteiger partial charge in [0, 0.05) is 17.5 Å². The quantitative estimate of drug-likeness (QED) is 0.802. The summed E-state index contributed by atoms with van der Waals surface area (Å²) in [4.78, 5) is 26.0. The number of nitrogens with two attached hydrogens (primary N) is 1. The van der Waals surface area contributed by atoms with Crippen LogP contribution in [0.3, 0.4) is 0 Å². The van der Waals surface area contributed by atoms with Crippen molar-refractivity contribution in [2.75, 3.05) is 6.54 Å². The molecule has 0 bridgehead atoms. The molecular weight excluding hydrogens is 232 g/mol. The van der Waals surface area contributed by atoms with Crippen molar-refractivity contribution in [1.29, 1.82) is 0 Å². The first-order valence-electron chi connectivity index (χ1n) is 6.02. The fraction of sp³-hybridized carbons (Fsp3) is 0.385. The maximum absolute atomic E-state index is 12.4. The number of aromatic nitrogens is 1.